The Hall–Kier alpha value is -2.41. The van der Waals surface area contributed by atoms with Gasteiger partial charge in [0.05, 0.1) is 11.6 Å². The van der Waals surface area contributed by atoms with Crippen molar-refractivity contribution in [3.8, 4) is 0 Å². The van der Waals surface area contributed by atoms with Crippen LogP contribution in [-0.2, 0) is 4.79 Å². The lowest BCUT2D eigenvalue weighted by atomic mass is 9.49. The summed E-state index contributed by atoms with van der Waals surface area (Å²) in [5.74, 6) is 2.26. The molecule has 5 aliphatic rings. The molecule has 1 saturated heterocycles. The van der Waals surface area contributed by atoms with Gasteiger partial charge in [0.2, 0.25) is 5.91 Å². The Labute approximate surface area is 201 Å². The highest BCUT2D eigenvalue weighted by atomic mass is 16.2. The van der Waals surface area contributed by atoms with E-state index in [2.05, 4.69) is 5.32 Å². The monoisotopic (exact) mass is 463 g/mol. The van der Waals surface area contributed by atoms with E-state index in [4.69, 9.17) is 10.7 Å². The second-order valence-electron chi connectivity index (χ2n) is 11.8. The fourth-order valence-electron chi connectivity index (χ4n) is 7.90. The largest absolute Gasteiger partial charge is 0.350 e. The van der Waals surface area contributed by atoms with E-state index >= 15 is 0 Å². The van der Waals surface area contributed by atoms with Crippen molar-refractivity contribution in [3.05, 3.63) is 35.8 Å². The van der Waals surface area contributed by atoms with Crippen LogP contribution in [0.25, 0.3) is 5.65 Å². The van der Waals surface area contributed by atoms with Gasteiger partial charge in [0, 0.05) is 31.9 Å². The minimum absolute atomic E-state index is 0.0497. The van der Waals surface area contributed by atoms with Gasteiger partial charge in [0.15, 0.2) is 0 Å². The summed E-state index contributed by atoms with van der Waals surface area (Å²) in [6, 6.07) is 5.68. The number of nitrogens with one attached hydrogen (secondary N) is 1. The number of carbonyl (C=O) groups is 2. The molecule has 2 aromatic rings. The van der Waals surface area contributed by atoms with Crippen LogP contribution in [-0.4, -0.2) is 51.8 Å². The minimum Gasteiger partial charge on any atom is -0.350 e. The summed E-state index contributed by atoms with van der Waals surface area (Å²) < 4.78 is 1.84. The summed E-state index contributed by atoms with van der Waals surface area (Å²) in [4.78, 5) is 33.0. The Morgan fingerprint density at radius 2 is 1.88 bits per heavy atom. The van der Waals surface area contributed by atoms with E-state index in [0.717, 1.165) is 43.7 Å². The molecule has 3 N–H and O–H groups in total. The summed E-state index contributed by atoms with van der Waals surface area (Å²) in [6.07, 6.45) is 11.8. The molecular weight excluding hydrogens is 426 g/mol. The summed E-state index contributed by atoms with van der Waals surface area (Å²) in [5.41, 5.74) is 8.37. The Bertz CT molecular complexity index is 1070. The zero-order valence-corrected chi connectivity index (χ0v) is 20.2. The first-order chi connectivity index (χ1) is 16.4. The van der Waals surface area contributed by atoms with Crippen molar-refractivity contribution in [1.82, 2.24) is 19.6 Å². The molecule has 7 nitrogen and oxygen atoms in total. The number of carbonyl (C=O) groups excluding carboxylic acids is 2. The van der Waals surface area contributed by atoms with E-state index in [0.29, 0.717) is 29.0 Å². The molecule has 2 atom stereocenters. The Morgan fingerprint density at radius 1 is 1.18 bits per heavy atom. The highest BCUT2D eigenvalue weighted by Gasteiger charge is 2.50. The number of piperidine rings is 1. The lowest BCUT2D eigenvalue weighted by molar-refractivity contribution is -0.133. The Morgan fingerprint density at radius 3 is 2.56 bits per heavy atom. The number of pyridine rings is 1. The van der Waals surface area contributed by atoms with Crippen molar-refractivity contribution in [1.29, 1.82) is 0 Å². The van der Waals surface area contributed by atoms with Crippen molar-refractivity contribution in [2.24, 2.45) is 28.9 Å². The van der Waals surface area contributed by atoms with Crippen molar-refractivity contribution >= 4 is 17.5 Å². The summed E-state index contributed by atoms with van der Waals surface area (Å²) in [5, 5.41) is 3.29. The van der Waals surface area contributed by atoms with E-state index in [9.17, 15) is 9.59 Å². The summed E-state index contributed by atoms with van der Waals surface area (Å²) >= 11 is 0. The van der Waals surface area contributed by atoms with Crippen molar-refractivity contribution in [2.75, 3.05) is 19.6 Å². The average molecular weight is 464 g/mol. The quantitative estimate of drug-likeness (QED) is 0.711. The number of rotatable bonds is 5. The van der Waals surface area contributed by atoms with Crippen LogP contribution < -0.4 is 11.1 Å². The van der Waals surface area contributed by atoms with Gasteiger partial charge in [-0.2, -0.15) is 0 Å². The number of hydrogen-bond donors (Lipinski definition) is 2. The number of amides is 2. The molecule has 2 aromatic heterocycles. The normalized spacial score (nSPS) is 33.3. The minimum atomic E-state index is -0.367. The zero-order chi connectivity index (χ0) is 23.4. The first-order valence-corrected chi connectivity index (χ1v) is 13.2. The average Bonchev–Trinajstić information content (AvgIpc) is 3.25. The maximum atomic E-state index is 13.3. The molecule has 34 heavy (non-hydrogen) atoms. The first-order valence-electron chi connectivity index (χ1n) is 13.2. The molecule has 0 aromatic carbocycles. The van der Waals surface area contributed by atoms with Crippen molar-refractivity contribution < 1.29 is 9.59 Å². The van der Waals surface area contributed by atoms with E-state index in [-0.39, 0.29) is 23.8 Å². The highest BCUT2D eigenvalue weighted by molar-refractivity contribution is 5.93. The van der Waals surface area contributed by atoms with Gasteiger partial charge in [-0.1, -0.05) is 6.07 Å². The Balaban J connectivity index is 1.18. The van der Waals surface area contributed by atoms with Crippen LogP contribution in [0, 0.1) is 23.2 Å². The third-order valence-electron chi connectivity index (χ3n) is 9.12. The molecular formula is C27H37N5O2. The first kappa shape index (κ1) is 22.1. The molecule has 4 bridgehead atoms. The van der Waals surface area contributed by atoms with Crippen LogP contribution in [0.1, 0.15) is 80.4 Å². The molecule has 3 heterocycles. The fourth-order valence-corrected chi connectivity index (χ4v) is 7.90. The predicted molar refractivity (Wildman–Crippen MR) is 130 cm³/mol. The third kappa shape index (κ3) is 3.92. The van der Waals surface area contributed by atoms with Gasteiger partial charge in [-0.15, -0.1) is 0 Å². The smallest absolute Gasteiger partial charge is 0.268 e. The molecule has 7 heteroatoms. The zero-order valence-electron chi connectivity index (χ0n) is 20.2. The van der Waals surface area contributed by atoms with Gasteiger partial charge in [-0.25, -0.2) is 4.98 Å². The number of fused-ring (bicyclic) bond motifs is 1. The van der Waals surface area contributed by atoms with Gasteiger partial charge in [0.1, 0.15) is 11.3 Å². The lowest BCUT2D eigenvalue weighted by Gasteiger charge is -2.56. The molecule has 0 radical (unpaired) electrons. The van der Waals surface area contributed by atoms with Crippen molar-refractivity contribution in [2.45, 2.75) is 70.3 Å². The molecule has 7 rings (SSSR count). The highest BCUT2D eigenvalue weighted by Crippen LogP contribution is 2.59. The predicted octanol–water partition coefficient (Wildman–Crippen LogP) is 3.33. The maximum absolute atomic E-state index is 13.3. The number of hydrogen-bond acceptors (Lipinski definition) is 4. The molecule has 5 fully saturated rings. The SMILES string of the molecule is CC(C(=O)N1CCCC(N)C1)c1cn2c(C(=O)NCC34CC5CC(CC(C5)C3)C4)cccc2n1. The maximum Gasteiger partial charge on any atom is 0.268 e. The Kier molecular flexibility index (Phi) is 5.43. The molecule has 2 amide bonds. The molecule has 4 aliphatic carbocycles. The van der Waals surface area contributed by atoms with Crippen LogP contribution in [0.15, 0.2) is 24.4 Å². The molecule has 182 valence electrons. The summed E-state index contributed by atoms with van der Waals surface area (Å²) in [7, 11) is 0. The van der Waals surface area contributed by atoms with Gasteiger partial charge in [-0.3, -0.25) is 14.0 Å². The van der Waals surface area contributed by atoms with Gasteiger partial charge in [-0.05, 0) is 93.6 Å². The van der Waals surface area contributed by atoms with E-state index in [1.807, 2.05) is 40.6 Å². The third-order valence-corrected chi connectivity index (χ3v) is 9.12. The van der Waals surface area contributed by atoms with Crippen LogP contribution in [0.3, 0.4) is 0 Å². The van der Waals surface area contributed by atoms with Crippen LogP contribution in [0.2, 0.25) is 0 Å². The van der Waals surface area contributed by atoms with E-state index < -0.39 is 0 Å². The van der Waals surface area contributed by atoms with Gasteiger partial charge >= 0.3 is 0 Å². The molecule has 1 aliphatic heterocycles. The second-order valence-corrected chi connectivity index (χ2v) is 11.8. The lowest BCUT2D eigenvalue weighted by Crippen LogP contribution is -2.51. The molecule has 4 saturated carbocycles. The van der Waals surface area contributed by atoms with Gasteiger partial charge < -0.3 is 16.0 Å². The second kappa shape index (κ2) is 8.36. The van der Waals surface area contributed by atoms with Crippen molar-refractivity contribution in [3.63, 3.8) is 0 Å². The number of nitrogens with two attached hydrogens (primary N) is 1. The molecule has 0 spiro atoms. The van der Waals surface area contributed by atoms with Crippen LogP contribution in [0.5, 0.6) is 0 Å². The summed E-state index contributed by atoms with van der Waals surface area (Å²) in [6.45, 7) is 4.03. The topological polar surface area (TPSA) is 92.7 Å². The van der Waals surface area contributed by atoms with E-state index in [1.165, 1.54) is 38.5 Å². The number of aromatic nitrogens is 2. The number of imidazole rings is 1. The standard InChI is InChI=1S/C27H37N5O2/c1-17(26(34)31-7-3-4-21(28)14-31)22-15-32-23(5-2-6-24(32)30-22)25(33)29-16-27-11-18-8-19(12-27)10-20(9-18)13-27/h2,5-6,15,17-21H,3-4,7-14,16,28H2,1H3,(H,29,33). The molecule has 2 unspecified atom stereocenters. The van der Waals surface area contributed by atoms with E-state index in [1.54, 1.807) is 0 Å². The fraction of sp³-hybridized carbons (Fsp3) is 0.667. The van der Waals surface area contributed by atoms with Gasteiger partial charge in [0.25, 0.3) is 5.91 Å². The van der Waals surface area contributed by atoms with Crippen LogP contribution in [0.4, 0.5) is 0 Å². The number of likely N-dealkylation sites (tertiary alicyclic amines) is 1. The number of nitrogens with zero attached hydrogens (tertiary/aromatic N) is 3. The van der Waals surface area contributed by atoms with Crippen LogP contribution >= 0.6 is 0 Å².